The number of hydrogen-bond acceptors (Lipinski definition) is 4. The van der Waals surface area contributed by atoms with E-state index in [1.54, 1.807) is 27.1 Å². The van der Waals surface area contributed by atoms with Gasteiger partial charge in [-0.05, 0) is 13.8 Å². The zero-order chi connectivity index (χ0) is 15.6. The molecule has 0 spiro atoms. The summed E-state index contributed by atoms with van der Waals surface area (Å²) in [6, 6.07) is 0. The number of aliphatic hydroxyl groups is 1. The second-order valence-corrected chi connectivity index (χ2v) is 4.51. The van der Waals surface area contributed by atoms with Gasteiger partial charge in [-0.25, -0.2) is 4.79 Å². The van der Waals surface area contributed by atoms with E-state index in [-0.39, 0.29) is 18.8 Å². The molecule has 2 N–H and O–H groups in total. The van der Waals surface area contributed by atoms with Crippen LogP contribution >= 0.6 is 0 Å². The number of esters is 1. The van der Waals surface area contributed by atoms with Gasteiger partial charge in [-0.15, -0.1) is 0 Å². The highest BCUT2D eigenvalue weighted by Crippen LogP contribution is 2.24. The van der Waals surface area contributed by atoms with Gasteiger partial charge in [0, 0.05) is 24.3 Å². The lowest BCUT2D eigenvalue weighted by Gasteiger charge is -2.04. The third-order valence-electron chi connectivity index (χ3n) is 3.10. The molecule has 0 aromatic carbocycles. The lowest BCUT2D eigenvalue weighted by Crippen LogP contribution is -2.17. The number of nitrogens with one attached hydrogen (secondary N) is 1. The number of carbonyl (C=O) groups excluding carboxylic acids is 1. The molecule has 0 aliphatic carbocycles. The van der Waals surface area contributed by atoms with E-state index in [4.69, 9.17) is 9.84 Å². The van der Waals surface area contributed by atoms with E-state index in [0.29, 0.717) is 27.7 Å². The monoisotopic (exact) mass is 288 g/mol. The van der Waals surface area contributed by atoms with E-state index < -0.39 is 5.97 Å². The first-order valence-corrected chi connectivity index (χ1v) is 6.50. The lowest BCUT2D eigenvalue weighted by atomic mass is 10.1. The molecule has 0 amide bonds. The molecule has 0 saturated carbocycles. The molecule has 0 aliphatic rings. The molecule has 0 unspecified atom stereocenters. The lowest BCUT2D eigenvalue weighted by molar-refractivity contribution is 0.0528. The Morgan fingerprint density at radius 3 is 2.86 bits per heavy atom. The zero-order valence-corrected chi connectivity index (χ0v) is 12.1. The van der Waals surface area contributed by atoms with Crippen molar-refractivity contribution in [1.82, 2.24) is 9.55 Å². The van der Waals surface area contributed by atoms with Crippen LogP contribution in [0.5, 0.6) is 0 Å². The number of aromatic amines is 1. The molecule has 2 aromatic rings. The van der Waals surface area contributed by atoms with Gasteiger partial charge >= 0.3 is 5.97 Å². The molecular weight excluding hydrogens is 272 g/mol. The molecule has 6 heteroatoms. The van der Waals surface area contributed by atoms with E-state index in [1.165, 1.54) is 4.57 Å². The number of aromatic nitrogens is 2. The van der Waals surface area contributed by atoms with Gasteiger partial charge < -0.3 is 19.4 Å². The molecule has 0 radical (unpaired) electrons. The quantitative estimate of drug-likeness (QED) is 0.629. The van der Waals surface area contributed by atoms with Gasteiger partial charge in [0.2, 0.25) is 0 Å². The minimum absolute atomic E-state index is 0.243. The summed E-state index contributed by atoms with van der Waals surface area (Å²) in [5.41, 5.74) is 1.42. The van der Waals surface area contributed by atoms with Crippen LogP contribution in [-0.4, -0.2) is 33.8 Å². The predicted octanol–water partition coefficient (Wildman–Crippen LogP) is 0.696. The van der Waals surface area contributed by atoms with Crippen molar-refractivity contribution in [1.29, 1.82) is 0 Å². The number of carbonyl (C=O) groups is 1. The first-order valence-electron chi connectivity index (χ1n) is 6.50. The first-order chi connectivity index (χ1) is 10.0. The maximum Gasteiger partial charge on any atom is 0.340 e. The molecule has 0 saturated heterocycles. The maximum absolute atomic E-state index is 12.2. The topological polar surface area (TPSA) is 84.3 Å². The number of aryl methyl sites for hydroxylation is 2. The van der Waals surface area contributed by atoms with Crippen molar-refractivity contribution in [2.75, 3.05) is 13.2 Å². The second-order valence-electron chi connectivity index (χ2n) is 4.51. The van der Waals surface area contributed by atoms with Gasteiger partial charge in [0.1, 0.15) is 12.1 Å². The number of nitrogens with zero attached hydrogens (tertiary/aromatic N) is 1. The van der Waals surface area contributed by atoms with E-state index in [2.05, 4.69) is 16.8 Å². The summed E-state index contributed by atoms with van der Waals surface area (Å²) >= 11 is 0. The predicted molar refractivity (Wildman–Crippen MR) is 78.2 cm³/mol. The molecule has 0 atom stereocenters. The summed E-state index contributed by atoms with van der Waals surface area (Å²) in [7, 11) is 1.60. The Labute approximate surface area is 121 Å². The Bertz CT molecular complexity index is 818. The maximum atomic E-state index is 12.2. The first kappa shape index (κ1) is 14.9. The van der Waals surface area contributed by atoms with Crippen LogP contribution in [0.3, 0.4) is 0 Å². The molecule has 110 valence electrons. The van der Waals surface area contributed by atoms with E-state index >= 15 is 0 Å². The Kier molecular flexibility index (Phi) is 4.15. The van der Waals surface area contributed by atoms with Crippen LogP contribution in [0, 0.1) is 18.8 Å². The van der Waals surface area contributed by atoms with Crippen LogP contribution < -0.4 is 5.56 Å². The van der Waals surface area contributed by atoms with Gasteiger partial charge in [-0.1, -0.05) is 11.8 Å². The second kappa shape index (κ2) is 5.85. The van der Waals surface area contributed by atoms with Crippen molar-refractivity contribution in [3.05, 3.63) is 33.4 Å². The number of H-pyrrole nitrogens is 1. The number of ether oxygens (including phenoxy) is 1. The smallest absolute Gasteiger partial charge is 0.340 e. The van der Waals surface area contributed by atoms with Gasteiger partial charge in [0.15, 0.2) is 0 Å². The number of fused-ring (bicyclic) bond motifs is 1. The van der Waals surface area contributed by atoms with Crippen molar-refractivity contribution in [2.24, 2.45) is 7.05 Å². The normalized spacial score (nSPS) is 10.3. The van der Waals surface area contributed by atoms with E-state index in [9.17, 15) is 9.59 Å². The molecule has 0 bridgehead atoms. The molecule has 6 nitrogen and oxygen atoms in total. The fourth-order valence-corrected chi connectivity index (χ4v) is 2.24. The van der Waals surface area contributed by atoms with Crippen LogP contribution in [0.4, 0.5) is 0 Å². The summed E-state index contributed by atoms with van der Waals surface area (Å²) in [5.74, 6) is 4.80. The fourth-order valence-electron chi connectivity index (χ4n) is 2.24. The Morgan fingerprint density at radius 1 is 1.52 bits per heavy atom. The van der Waals surface area contributed by atoms with Crippen molar-refractivity contribution in [2.45, 2.75) is 13.8 Å². The van der Waals surface area contributed by atoms with Gasteiger partial charge in [-0.3, -0.25) is 4.79 Å². The summed E-state index contributed by atoms with van der Waals surface area (Å²) in [4.78, 5) is 27.2. The molecule has 0 fully saturated rings. The molecular formula is C15H16N2O4. The van der Waals surface area contributed by atoms with Crippen molar-refractivity contribution < 1.29 is 14.6 Å². The SMILES string of the molecule is CCOC(=O)c1c(C)[nH]c2c(=O)n(C)cc(C#CCO)c12. The van der Waals surface area contributed by atoms with E-state index in [0.717, 1.165) is 0 Å². The highest BCUT2D eigenvalue weighted by atomic mass is 16.5. The van der Waals surface area contributed by atoms with Crippen LogP contribution in [0.25, 0.3) is 10.9 Å². The molecule has 0 aliphatic heterocycles. The van der Waals surface area contributed by atoms with Gasteiger partial charge in [0.05, 0.1) is 17.7 Å². The average Bonchev–Trinajstić information content (AvgIpc) is 2.79. The summed E-state index contributed by atoms with van der Waals surface area (Å²) in [5, 5.41) is 9.29. The number of rotatable bonds is 2. The van der Waals surface area contributed by atoms with Gasteiger partial charge in [-0.2, -0.15) is 0 Å². The largest absolute Gasteiger partial charge is 0.462 e. The highest BCUT2D eigenvalue weighted by Gasteiger charge is 2.21. The number of aliphatic hydroxyl groups excluding tert-OH is 1. The van der Waals surface area contributed by atoms with Crippen LogP contribution in [-0.2, 0) is 11.8 Å². The summed E-state index contributed by atoms with van der Waals surface area (Å²) in [6.07, 6.45) is 1.54. The zero-order valence-electron chi connectivity index (χ0n) is 12.1. The number of pyridine rings is 1. The third kappa shape index (κ3) is 2.56. The van der Waals surface area contributed by atoms with Crippen LogP contribution in [0.2, 0.25) is 0 Å². The average molecular weight is 288 g/mol. The third-order valence-corrected chi connectivity index (χ3v) is 3.10. The molecule has 21 heavy (non-hydrogen) atoms. The van der Waals surface area contributed by atoms with Crippen LogP contribution in [0.1, 0.15) is 28.5 Å². The minimum Gasteiger partial charge on any atom is -0.462 e. The highest BCUT2D eigenvalue weighted by molar-refractivity contribution is 6.07. The molecule has 2 heterocycles. The standard InChI is InChI=1S/C15H16N2O4/c1-4-21-15(20)11-9(2)16-13-12(11)10(6-5-7-18)8-17(3)14(13)19/h8,16,18H,4,7H2,1-3H3. The fraction of sp³-hybridized carbons (Fsp3) is 0.333. The number of hydrogen-bond donors (Lipinski definition) is 2. The molecule has 2 aromatic heterocycles. The Balaban J connectivity index is 2.87. The Morgan fingerprint density at radius 2 is 2.24 bits per heavy atom. The van der Waals surface area contributed by atoms with Crippen molar-refractivity contribution in [3.8, 4) is 11.8 Å². The summed E-state index contributed by atoms with van der Waals surface area (Å²) in [6.45, 7) is 3.36. The van der Waals surface area contributed by atoms with Crippen molar-refractivity contribution >= 4 is 16.9 Å². The summed E-state index contributed by atoms with van der Waals surface area (Å²) < 4.78 is 6.42. The minimum atomic E-state index is -0.499. The van der Waals surface area contributed by atoms with Crippen LogP contribution in [0.15, 0.2) is 11.0 Å². The Hall–Kier alpha value is -2.52. The van der Waals surface area contributed by atoms with E-state index in [1.807, 2.05) is 0 Å². The van der Waals surface area contributed by atoms with Crippen molar-refractivity contribution in [3.63, 3.8) is 0 Å². The molecule has 2 rings (SSSR count). The van der Waals surface area contributed by atoms with Gasteiger partial charge in [0.25, 0.3) is 5.56 Å².